The average molecular weight is 546 g/mol. The molecule has 3 atom stereocenters. The fraction of sp³-hybridized carbons (Fsp3) is 0.500. The maximum atomic E-state index is 13.3. The minimum atomic E-state index is -1.38. The topological polar surface area (TPSA) is 211 Å². The highest BCUT2D eigenvalue weighted by Gasteiger charge is 2.32. The monoisotopic (exact) mass is 545 g/mol. The molecule has 0 saturated heterocycles. The van der Waals surface area contributed by atoms with E-state index >= 15 is 0 Å². The van der Waals surface area contributed by atoms with E-state index in [1.807, 2.05) is 38.1 Å². The van der Waals surface area contributed by atoms with Gasteiger partial charge in [0.15, 0.2) is 0 Å². The number of carbonyl (C=O) groups is 5. The number of H-pyrrole nitrogens is 1. The summed E-state index contributed by atoms with van der Waals surface area (Å²) < 4.78 is 5.17. The number of hydrogen-bond donors (Lipinski definition) is 7. The highest BCUT2D eigenvalue weighted by molar-refractivity contribution is 5.95. The van der Waals surface area contributed by atoms with Gasteiger partial charge in [-0.25, -0.2) is 10.6 Å². The number of fused-ring (bicyclic) bond motifs is 1. The number of alkyl carbamates (subject to hydrolysis) is 1. The SMILES string of the molecule is CC(C)C[C@H](NC(=O)[C@H](CC(N)=O)NC(=O)OC(C)(C)C)C(=O)N[C@@H](Cc1c[nH]c2ccccc12)C(=O)NN. The van der Waals surface area contributed by atoms with Crippen LogP contribution in [-0.2, 0) is 30.3 Å². The van der Waals surface area contributed by atoms with Gasteiger partial charge >= 0.3 is 6.09 Å². The summed E-state index contributed by atoms with van der Waals surface area (Å²) in [6.45, 7) is 8.62. The van der Waals surface area contributed by atoms with Gasteiger partial charge in [0.25, 0.3) is 5.91 Å². The minimum absolute atomic E-state index is 0.0372. The summed E-state index contributed by atoms with van der Waals surface area (Å²) in [7, 11) is 0. The van der Waals surface area contributed by atoms with Crippen molar-refractivity contribution in [2.45, 2.75) is 77.6 Å². The zero-order valence-electron chi connectivity index (χ0n) is 22.9. The summed E-state index contributed by atoms with van der Waals surface area (Å²) >= 11 is 0. The predicted octanol–water partition coefficient (Wildman–Crippen LogP) is 0.485. The molecular weight excluding hydrogens is 506 g/mol. The van der Waals surface area contributed by atoms with E-state index in [2.05, 4.69) is 26.4 Å². The van der Waals surface area contributed by atoms with Crippen molar-refractivity contribution in [3.63, 3.8) is 0 Å². The van der Waals surface area contributed by atoms with Gasteiger partial charge in [0, 0.05) is 23.5 Å². The van der Waals surface area contributed by atoms with E-state index < -0.39 is 59.9 Å². The maximum absolute atomic E-state index is 13.3. The van der Waals surface area contributed by atoms with Gasteiger partial charge in [-0.3, -0.25) is 24.6 Å². The molecule has 5 amide bonds. The van der Waals surface area contributed by atoms with Gasteiger partial charge in [-0.15, -0.1) is 0 Å². The van der Waals surface area contributed by atoms with E-state index in [0.29, 0.717) is 0 Å². The second-order valence-electron chi connectivity index (χ2n) is 10.7. The predicted molar refractivity (Wildman–Crippen MR) is 145 cm³/mol. The van der Waals surface area contributed by atoms with Crippen LogP contribution >= 0.6 is 0 Å². The molecular formula is C26H39N7O6. The summed E-state index contributed by atoms with van der Waals surface area (Å²) in [4.78, 5) is 66.0. The number of rotatable bonds is 12. The normalized spacial score (nSPS) is 13.7. The quantitative estimate of drug-likeness (QED) is 0.114. The number of benzene rings is 1. The third kappa shape index (κ3) is 9.93. The van der Waals surface area contributed by atoms with Gasteiger partial charge in [-0.05, 0) is 44.7 Å². The standard InChI is InChI=1S/C26H39N7O6/c1-14(2)10-18(30-23(36)20(12-21(27)34)32-25(38)39-26(3,4)5)22(35)31-19(24(37)33-28)11-15-13-29-17-9-7-6-8-16(15)17/h6-9,13-14,18-20,29H,10-12,28H2,1-5H3,(H2,27,34)(H,30,36)(H,31,35)(H,32,38)(H,33,37)/t18-,19-,20-/m0/s1. The molecule has 0 fully saturated rings. The van der Waals surface area contributed by atoms with E-state index in [1.165, 1.54) is 0 Å². The van der Waals surface area contributed by atoms with Crippen molar-refractivity contribution in [3.05, 3.63) is 36.0 Å². The van der Waals surface area contributed by atoms with Crippen molar-refractivity contribution in [3.8, 4) is 0 Å². The molecule has 0 radical (unpaired) electrons. The molecule has 13 heteroatoms. The molecule has 0 saturated carbocycles. The van der Waals surface area contributed by atoms with Crippen LogP contribution in [0.2, 0.25) is 0 Å². The zero-order chi connectivity index (χ0) is 29.3. The molecule has 0 unspecified atom stereocenters. The number of para-hydroxylation sites is 1. The van der Waals surface area contributed by atoms with Crippen LogP contribution in [-0.4, -0.2) is 58.4 Å². The first-order valence-corrected chi connectivity index (χ1v) is 12.6. The number of primary amides is 1. The molecule has 0 aliphatic rings. The Balaban J connectivity index is 2.22. The van der Waals surface area contributed by atoms with E-state index in [1.54, 1.807) is 27.0 Å². The number of hydrazine groups is 1. The number of aromatic nitrogens is 1. The van der Waals surface area contributed by atoms with Crippen molar-refractivity contribution < 1.29 is 28.7 Å². The molecule has 2 rings (SSSR count). The van der Waals surface area contributed by atoms with Gasteiger partial charge < -0.3 is 31.4 Å². The molecule has 0 aliphatic heterocycles. The molecule has 9 N–H and O–H groups in total. The van der Waals surface area contributed by atoms with Crippen LogP contribution in [0.3, 0.4) is 0 Å². The number of aromatic amines is 1. The molecule has 13 nitrogen and oxygen atoms in total. The third-order valence-electron chi connectivity index (χ3n) is 5.63. The smallest absolute Gasteiger partial charge is 0.408 e. The van der Waals surface area contributed by atoms with Gasteiger partial charge in [-0.2, -0.15) is 0 Å². The molecule has 0 aliphatic carbocycles. The Morgan fingerprint density at radius 2 is 1.54 bits per heavy atom. The number of hydrogen-bond acceptors (Lipinski definition) is 7. The molecule has 1 aromatic heterocycles. The Kier molecular flexibility index (Phi) is 10.8. The fourth-order valence-corrected chi connectivity index (χ4v) is 3.94. The van der Waals surface area contributed by atoms with Gasteiger partial charge in [0.2, 0.25) is 17.7 Å². The molecule has 1 heterocycles. The molecule has 0 bridgehead atoms. The molecule has 0 spiro atoms. The summed E-state index contributed by atoms with van der Waals surface area (Å²) in [5.74, 6) is 2.43. The number of carbonyl (C=O) groups excluding carboxylic acids is 5. The molecule has 39 heavy (non-hydrogen) atoms. The van der Waals surface area contributed by atoms with Crippen LogP contribution in [0, 0.1) is 5.92 Å². The van der Waals surface area contributed by atoms with Crippen molar-refractivity contribution in [1.82, 2.24) is 26.4 Å². The number of amides is 5. The number of nitrogens with two attached hydrogens (primary N) is 2. The van der Waals surface area contributed by atoms with Crippen molar-refractivity contribution in [1.29, 1.82) is 0 Å². The Bertz CT molecular complexity index is 1190. The van der Waals surface area contributed by atoms with Crippen LogP contribution < -0.4 is 33.0 Å². The lowest BCUT2D eigenvalue weighted by molar-refractivity contribution is -0.133. The largest absolute Gasteiger partial charge is 0.444 e. The maximum Gasteiger partial charge on any atom is 0.408 e. The Hall–Kier alpha value is -4.13. The zero-order valence-corrected chi connectivity index (χ0v) is 22.9. The first-order valence-electron chi connectivity index (χ1n) is 12.6. The van der Waals surface area contributed by atoms with Crippen LogP contribution in [0.25, 0.3) is 10.9 Å². The summed E-state index contributed by atoms with van der Waals surface area (Å²) in [6.07, 6.45) is 0.646. The highest BCUT2D eigenvalue weighted by atomic mass is 16.6. The van der Waals surface area contributed by atoms with E-state index in [4.69, 9.17) is 16.3 Å². The number of nitrogens with one attached hydrogen (secondary N) is 5. The number of ether oxygens (including phenoxy) is 1. The lowest BCUT2D eigenvalue weighted by atomic mass is 10.0. The Morgan fingerprint density at radius 3 is 2.13 bits per heavy atom. The van der Waals surface area contributed by atoms with Crippen molar-refractivity contribution in [2.75, 3.05) is 0 Å². The van der Waals surface area contributed by atoms with Gasteiger partial charge in [0.05, 0.1) is 6.42 Å². The molecule has 2 aromatic rings. The second-order valence-corrected chi connectivity index (χ2v) is 10.7. The first kappa shape index (κ1) is 31.1. The lowest BCUT2D eigenvalue weighted by Crippen LogP contribution is -2.58. The average Bonchev–Trinajstić information content (AvgIpc) is 3.23. The Morgan fingerprint density at radius 1 is 0.923 bits per heavy atom. The van der Waals surface area contributed by atoms with Crippen molar-refractivity contribution >= 4 is 40.6 Å². The van der Waals surface area contributed by atoms with Crippen LogP contribution in [0.5, 0.6) is 0 Å². The lowest BCUT2D eigenvalue weighted by Gasteiger charge is -2.26. The summed E-state index contributed by atoms with van der Waals surface area (Å²) in [5.41, 5.74) is 8.15. The summed E-state index contributed by atoms with van der Waals surface area (Å²) in [6, 6.07) is 3.98. The fourth-order valence-electron chi connectivity index (χ4n) is 3.94. The second kappa shape index (κ2) is 13.6. The summed E-state index contributed by atoms with van der Waals surface area (Å²) in [5, 5.41) is 8.46. The van der Waals surface area contributed by atoms with E-state index in [9.17, 15) is 24.0 Å². The van der Waals surface area contributed by atoms with Crippen LogP contribution in [0.1, 0.15) is 53.0 Å². The third-order valence-corrected chi connectivity index (χ3v) is 5.63. The first-order chi connectivity index (χ1) is 18.2. The van der Waals surface area contributed by atoms with E-state index in [-0.39, 0.29) is 18.8 Å². The van der Waals surface area contributed by atoms with Crippen LogP contribution in [0.4, 0.5) is 4.79 Å². The minimum Gasteiger partial charge on any atom is -0.444 e. The van der Waals surface area contributed by atoms with Gasteiger partial charge in [-0.1, -0.05) is 32.0 Å². The van der Waals surface area contributed by atoms with Crippen molar-refractivity contribution in [2.24, 2.45) is 17.5 Å². The van der Waals surface area contributed by atoms with Crippen LogP contribution in [0.15, 0.2) is 30.5 Å². The van der Waals surface area contributed by atoms with E-state index in [0.717, 1.165) is 16.5 Å². The van der Waals surface area contributed by atoms with Gasteiger partial charge in [0.1, 0.15) is 23.7 Å². The highest BCUT2D eigenvalue weighted by Crippen LogP contribution is 2.19. The molecule has 1 aromatic carbocycles. The Labute approximate surface area is 227 Å². The molecule has 214 valence electrons.